The topological polar surface area (TPSA) is 75.7 Å². The minimum atomic E-state index is -4.75. The Balaban J connectivity index is 0.00000243. The number of alkyl halides is 3. The van der Waals surface area contributed by atoms with E-state index in [4.69, 9.17) is 9.26 Å². The standard InChI is InChI=1S/C17H12F3NO4.H2/c1-24-11-5-2-9(3-6-11)14-15(25-21-16(14)17(18,19)20)12-7-4-10(22)8-13(12)23;/h2-8,22-23H,1H3;1H. The van der Waals surface area contributed by atoms with Gasteiger partial charge in [-0.05, 0) is 29.8 Å². The largest absolute Gasteiger partial charge is 0.508 e. The first kappa shape index (κ1) is 16.7. The molecule has 0 spiro atoms. The van der Waals surface area contributed by atoms with Crippen molar-refractivity contribution in [3.05, 3.63) is 48.2 Å². The lowest BCUT2D eigenvalue weighted by molar-refractivity contribution is -0.142. The molecular formula is C17H14F3NO4. The van der Waals surface area contributed by atoms with Crippen LogP contribution in [0.15, 0.2) is 47.0 Å². The lowest BCUT2D eigenvalue weighted by Gasteiger charge is -2.09. The molecule has 0 aliphatic heterocycles. The van der Waals surface area contributed by atoms with Crippen LogP contribution < -0.4 is 4.74 Å². The van der Waals surface area contributed by atoms with Crippen molar-refractivity contribution < 1.29 is 34.1 Å². The average Bonchev–Trinajstić information content (AvgIpc) is 3.00. The quantitative estimate of drug-likeness (QED) is 0.714. The minimum Gasteiger partial charge on any atom is -0.508 e. The number of hydrogen-bond acceptors (Lipinski definition) is 5. The summed E-state index contributed by atoms with van der Waals surface area (Å²) in [6.45, 7) is 0. The second-order valence-electron chi connectivity index (χ2n) is 5.16. The van der Waals surface area contributed by atoms with Gasteiger partial charge < -0.3 is 19.5 Å². The van der Waals surface area contributed by atoms with Gasteiger partial charge in [-0.3, -0.25) is 0 Å². The molecule has 0 fully saturated rings. The number of aromatic hydroxyl groups is 2. The Morgan fingerprint density at radius 2 is 1.76 bits per heavy atom. The van der Waals surface area contributed by atoms with Crippen LogP contribution in [0.2, 0.25) is 0 Å². The van der Waals surface area contributed by atoms with E-state index in [1.807, 2.05) is 0 Å². The normalized spacial score (nSPS) is 11.5. The van der Waals surface area contributed by atoms with Gasteiger partial charge in [0, 0.05) is 7.49 Å². The molecule has 132 valence electrons. The lowest BCUT2D eigenvalue weighted by atomic mass is 9.98. The number of nitrogens with zero attached hydrogens (tertiary/aromatic N) is 1. The summed E-state index contributed by atoms with van der Waals surface area (Å²) in [5, 5.41) is 22.5. The third kappa shape index (κ3) is 3.10. The smallest absolute Gasteiger partial charge is 0.437 e. The van der Waals surface area contributed by atoms with Gasteiger partial charge in [0.2, 0.25) is 0 Å². The van der Waals surface area contributed by atoms with E-state index in [2.05, 4.69) is 5.16 Å². The van der Waals surface area contributed by atoms with E-state index in [0.717, 1.165) is 6.07 Å². The summed E-state index contributed by atoms with van der Waals surface area (Å²) in [6, 6.07) is 9.35. The highest BCUT2D eigenvalue weighted by atomic mass is 19.4. The fourth-order valence-corrected chi connectivity index (χ4v) is 2.40. The molecule has 0 bridgehead atoms. The molecule has 3 aromatic rings. The van der Waals surface area contributed by atoms with E-state index in [0.29, 0.717) is 5.75 Å². The molecule has 1 heterocycles. The number of methoxy groups -OCH3 is 1. The second kappa shape index (κ2) is 6.04. The Bertz CT molecular complexity index is 907. The van der Waals surface area contributed by atoms with Gasteiger partial charge in [0.1, 0.15) is 17.2 Å². The molecular weight excluding hydrogens is 339 g/mol. The van der Waals surface area contributed by atoms with Gasteiger partial charge in [0.05, 0.1) is 18.2 Å². The van der Waals surface area contributed by atoms with Crippen molar-refractivity contribution in [3.63, 3.8) is 0 Å². The van der Waals surface area contributed by atoms with Gasteiger partial charge in [-0.2, -0.15) is 13.2 Å². The zero-order valence-electron chi connectivity index (χ0n) is 12.8. The van der Waals surface area contributed by atoms with Gasteiger partial charge in [0.25, 0.3) is 0 Å². The van der Waals surface area contributed by atoms with Crippen LogP contribution in [0.1, 0.15) is 7.12 Å². The molecule has 2 N–H and O–H groups in total. The van der Waals surface area contributed by atoms with Crippen LogP contribution in [0.25, 0.3) is 22.5 Å². The molecule has 1 aromatic heterocycles. The maximum atomic E-state index is 13.3. The molecule has 0 aliphatic rings. The molecule has 0 saturated carbocycles. The summed E-state index contributed by atoms with van der Waals surface area (Å²) in [4.78, 5) is 0. The summed E-state index contributed by atoms with van der Waals surface area (Å²) < 4.78 is 49.9. The zero-order valence-corrected chi connectivity index (χ0v) is 12.8. The molecule has 0 atom stereocenters. The first-order chi connectivity index (χ1) is 11.8. The third-order valence-corrected chi connectivity index (χ3v) is 3.57. The molecule has 8 heteroatoms. The first-order valence-electron chi connectivity index (χ1n) is 7.05. The Labute approximate surface area is 141 Å². The van der Waals surface area contributed by atoms with E-state index in [1.165, 1.54) is 43.5 Å². The molecule has 0 radical (unpaired) electrons. The maximum absolute atomic E-state index is 13.3. The second-order valence-corrected chi connectivity index (χ2v) is 5.16. The van der Waals surface area contributed by atoms with E-state index in [1.54, 1.807) is 0 Å². The summed E-state index contributed by atoms with van der Waals surface area (Å²) in [5.41, 5.74) is -1.35. The Hall–Kier alpha value is -3.16. The van der Waals surface area contributed by atoms with E-state index >= 15 is 0 Å². The van der Waals surface area contributed by atoms with Crippen LogP contribution in [-0.4, -0.2) is 22.5 Å². The zero-order chi connectivity index (χ0) is 18.2. The Morgan fingerprint density at radius 1 is 1.08 bits per heavy atom. The van der Waals surface area contributed by atoms with Crippen LogP contribution in [0.5, 0.6) is 17.2 Å². The molecule has 0 amide bonds. The highest BCUT2D eigenvalue weighted by molar-refractivity contribution is 5.84. The van der Waals surface area contributed by atoms with Crippen LogP contribution in [0, 0.1) is 0 Å². The number of phenols is 2. The number of ether oxygens (including phenoxy) is 1. The molecule has 0 saturated heterocycles. The summed E-state index contributed by atoms with van der Waals surface area (Å²) in [5.74, 6) is -0.444. The molecule has 25 heavy (non-hydrogen) atoms. The number of aromatic nitrogens is 1. The fraction of sp³-hybridized carbons (Fsp3) is 0.118. The molecule has 5 nitrogen and oxygen atoms in total. The van der Waals surface area contributed by atoms with Gasteiger partial charge >= 0.3 is 6.18 Å². The van der Waals surface area contributed by atoms with Crippen LogP contribution in [0.4, 0.5) is 13.2 Å². The maximum Gasteiger partial charge on any atom is 0.437 e. The molecule has 0 aliphatic carbocycles. The van der Waals surface area contributed by atoms with E-state index < -0.39 is 17.6 Å². The third-order valence-electron chi connectivity index (χ3n) is 3.57. The highest BCUT2D eigenvalue weighted by Gasteiger charge is 2.40. The van der Waals surface area contributed by atoms with Crippen LogP contribution in [-0.2, 0) is 6.18 Å². The number of phenolic OH excluding ortho intramolecular Hbond substituents is 2. The first-order valence-corrected chi connectivity index (χ1v) is 7.05. The number of benzene rings is 2. The molecule has 0 unspecified atom stereocenters. The van der Waals surface area contributed by atoms with Gasteiger partial charge in [-0.1, -0.05) is 17.3 Å². The summed E-state index contributed by atoms with van der Waals surface area (Å²) in [6.07, 6.45) is -4.75. The minimum absolute atomic E-state index is 0. The predicted octanol–water partition coefficient (Wildman–Crippen LogP) is 4.69. The summed E-state index contributed by atoms with van der Waals surface area (Å²) >= 11 is 0. The van der Waals surface area contributed by atoms with Crippen LogP contribution in [0.3, 0.4) is 0 Å². The number of halogens is 3. The van der Waals surface area contributed by atoms with Crippen molar-refractivity contribution in [1.29, 1.82) is 0 Å². The van der Waals surface area contributed by atoms with Crippen molar-refractivity contribution in [1.82, 2.24) is 5.16 Å². The van der Waals surface area contributed by atoms with Gasteiger partial charge in [-0.15, -0.1) is 0 Å². The fourth-order valence-electron chi connectivity index (χ4n) is 2.40. The van der Waals surface area contributed by atoms with Crippen LogP contribution >= 0.6 is 0 Å². The molecule has 3 rings (SSSR count). The Kier molecular flexibility index (Phi) is 4.03. The molecule has 2 aromatic carbocycles. The lowest BCUT2D eigenvalue weighted by Crippen LogP contribution is -2.07. The van der Waals surface area contributed by atoms with E-state index in [9.17, 15) is 23.4 Å². The summed E-state index contributed by atoms with van der Waals surface area (Å²) in [7, 11) is 1.44. The number of hydrogen-bond donors (Lipinski definition) is 2. The SMILES string of the molecule is COc1ccc(-c2c(C(F)(F)F)noc2-c2ccc(O)cc2O)cc1.[HH]. The van der Waals surface area contributed by atoms with Gasteiger partial charge in [0.15, 0.2) is 11.5 Å². The predicted molar refractivity (Wildman–Crippen MR) is 84.4 cm³/mol. The van der Waals surface area contributed by atoms with Crippen molar-refractivity contribution in [2.75, 3.05) is 7.11 Å². The van der Waals surface area contributed by atoms with Gasteiger partial charge in [-0.25, -0.2) is 0 Å². The van der Waals surface area contributed by atoms with E-state index in [-0.39, 0.29) is 29.6 Å². The van der Waals surface area contributed by atoms with Crippen molar-refractivity contribution in [2.45, 2.75) is 6.18 Å². The monoisotopic (exact) mass is 353 g/mol. The van der Waals surface area contributed by atoms with Crippen molar-refractivity contribution >= 4 is 0 Å². The van der Waals surface area contributed by atoms with Crippen molar-refractivity contribution in [2.24, 2.45) is 0 Å². The Morgan fingerprint density at radius 3 is 2.32 bits per heavy atom. The highest BCUT2D eigenvalue weighted by Crippen LogP contribution is 2.45. The average molecular weight is 353 g/mol. The number of rotatable bonds is 3. The van der Waals surface area contributed by atoms with Crippen molar-refractivity contribution in [3.8, 4) is 39.7 Å².